The number of piperidine rings is 1. The Labute approximate surface area is 197 Å². The molecule has 2 bridgehead atoms. The summed E-state index contributed by atoms with van der Waals surface area (Å²) in [5.41, 5.74) is -0.646. The zero-order chi connectivity index (χ0) is 24.8. The van der Waals surface area contributed by atoms with Gasteiger partial charge in [0, 0.05) is 42.2 Å². The van der Waals surface area contributed by atoms with Crippen LogP contribution in [0.4, 0.5) is 18.9 Å². The molecule has 2 aromatic rings. The zero-order valence-corrected chi connectivity index (χ0v) is 20.0. The van der Waals surface area contributed by atoms with Crippen molar-refractivity contribution >= 4 is 21.4 Å². The normalized spacial score (nSPS) is 22.5. The van der Waals surface area contributed by atoms with Gasteiger partial charge in [-0.05, 0) is 63.8 Å². The number of halogens is 3. The van der Waals surface area contributed by atoms with E-state index < -0.39 is 44.5 Å². The molecular weight excluding hydrogens is 469 g/mol. The fraction of sp³-hybridized carbons (Fsp3) is 0.458. The molecule has 2 aromatic carbocycles. The summed E-state index contributed by atoms with van der Waals surface area (Å²) in [6.07, 6.45) is 4.40. The highest BCUT2D eigenvalue weighted by Crippen LogP contribution is 2.40. The minimum atomic E-state index is -3.27. The number of sulfone groups is 1. The summed E-state index contributed by atoms with van der Waals surface area (Å²) in [6, 6.07) is 8.02. The summed E-state index contributed by atoms with van der Waals surface area (Å²) >= 11 is 0. The third-order valence-corrected chi connectivity index (χ3v) is 7.63. The molecule has 0 saturated carbocycles. The summed E-state index contributed by atoms with van der Waals surface area (Å²) in [5, 5.41) is 2.94. The number of rotatable bonds is 6. The highest BCUT2D eigenvalue weighted by Gasteiger charge is 2.43. The maximum absolute atomic E-state index is 14.0. The molecule has 2 aliphatic heterocycles. The van der Waals surface area contributed by atoms with Crippen molar-refractivity contribution in [3.8, 4) is 5.75 Å². The first kappa shape index (κ1) is 24.4. The van der Waals surface area contributed by atoms with Crippen LogP contribution in [0.1, 0.15) is 39.5 Å². The molecule has 0 aliphatic carbocycles. The van der Waals surface area contributed by atoms with Crippen LogP contribution in [-0.4, -0.2) is 44.3 Å². The maximum Gasteiger partial charge on any atom is 0.263 e. The Hall–Kier alpha value is -2.75. The van der Waals surface area contributed by atoms with Crippen LogP contribution in [0.2, 0.25) is 0 Å². The van der Waals surface area contributed by atoms with Gasteiger partial charge in [0.2, 0.25) is 0 Å². The van der Waals surface area contributed by atoms with Gasteiger partial charge in [-0.1, -0.05) is 0 Å². The molecule has 1 N–H and O–H groups in total. The highest BCUT2D eigenvalue weighted by atomic mass is 32.2. The van der Waals surface area contributed by atoms with E-state index in [1.54, 1.807) is 12.1 Å². The number of nitrogens with one attached hydrogen (secondary N) is 1. The average molecular weight is 497 g/mol. The quantitative estimate of drug-likeness (QED) is 0.655. The van der Waals surface area contributed by atoms with Crippen molar-refractivity contribution in [2.24, 2.45) is 0 Å². The van der Waals surface area contributed by atoms with E-state index >= 15 is 0 Å². The second kappa shape index (κ2) is 8.79. The number of ether oxygens (including phenoxy) is 1. The number of carbonyl (C=O) groups excluding carboxylic acids is 1. The fourth-order valence-corrected chi connectivity index (χ4v) is 5.50. The number of hydrogen-bond donors (Lipinski definition) is 1. The topological polar surface area (TPSA) is 75.7 Å². The standard InChI is InChI=1S/C24H27F3N2O4S/c1-24(2,33-22-20(26)10-14(25)11-21(22)27)23(30)28-15-12-17-4-5-18(13-15)29(17)16-6-8-19(9-7-16)34(3,31)32/h6-11,15,17-18H,4-5,12-13H2,1-3H3,(H,28,30). The van der Waals surface area contributed by atoms with Gasteiger partial charge >= 0.3 is 0 Å². The first-order valence-corrected chi connectivity index (χ1v) is 13.0. The van der Waals surface area contributed by atoms with Gasteiger partial charge in [0.1, 0.15) is 5.82 Å². The van der Waals surface area contributed by atoms with E-state index in [-0.39, 0.29) is 23.0 Å². The number of amides is 1. The van der Waals surface area contributed by atoms with Crippen molar-refractivity contribution in [2.75, 3.05) is 11.2 Å². The minimum Gasteiger partial charge on any atom is -0.472 e. The third-order valence-electron chi connectivity index (χ3n) is 6.50. The van der Waals surface area contributed by atoms with Gasteiger partial charge in [0.05, 0.1) is 4.90 Å². The lowest BCUT2D eigenvalue weighted by Crippen LogP contribution is -2.55. The SMILES string of the molecule is CC(C)(Oc1c(F)cc(F)cc1F)C(=O)NC1CC2CCC(C1)N2c1ccc(S(C)(=O)=O)cc1. The Balaban J connectivity index is 1.42. The third kappa shape index (κ3) is 4.87. The predicted molar refractivity (Wildman–Crippen MR) is 121 cm³/mol. The van der Waals surface area contributed by atoms with E-state index in [4.69, 9.17) is 4.74 Å². The monoisotopic (exact) mass is 496 g/mol. The van der Waals surface area contributed by atoms with Gasteiger partial charge in [-0.2, -0.15) is 0 Å². The number of carbonyl (C=O) groups is 1. The van der Waals surface area contributed by atoms with Crippen LogP contribution in [0.3, 0.4) is 0 Å². The molecular formula is C24H27F3N2O4S. The van der Waals surface area contributed by atoms with Crippen molar-refractivity contribution in [3.63, 3.8) is 0 Å². The summed E-state index contributed by atoms with van der Waals surface area (Å²) in [6.45, 7) is 2.80. The van der Waals surface area contributed by atoms with Crippen molar-refractivity contribution < 1.29 is 31.1 Å². The predicted octanol–water partition coefficient (Wildman–Crippen LogP) is 3.98. The number of nitrogens with zero attached hydrogens (tertiary/aromatic N) is 1. The number of anilines is 1. The average Bonchev–Trinajstić information content (AvgIpc) is 3.00. The second-order valence-electron chi connectivity index (χ2n) is 9.51. The van der Waals surface area contributed by atoms with E-state index in [9.17, 15) is 26.4 Å². The van der Waals surface area contributed by atoms with E-state index in [2.05, 4.69) is 10.2 Å². The van der Waals surface area contributed by atoms with Crippen molar-refractivity contribution in [2.45, 2.75) is 68.2 Å². The molecule has 1 amide bonds. The molecule has 2 atom stereocenters. The van der Waals surface area contributed by atoms with Gasteiger partial charge in [0.25, 0.3) is 5.91 Å². The molecule has 0 aromatic heterocycles. The Morgan fingerprint density at radius 2 is 1.56 bits per heavy atom. The fourth-order valence-electron chi connectivity index (χ4n) is 4.87. The number of benzene rings is 2. The molecule has 0 spiro atoms. The molecule has 6 nitrogen and oxygen atoms in total. The number of hydrogen-bond acceptors (Lipinski definition) is 5. The molecule has 2 heterocycles. The van der Waals surface area contributed by atoms with Gasteiger partial charge in [0.15, 0.2) is 32.8 Å². The molecule has 2 fully saturated rings. The lowest BCUT2D eigenvalue weighted by Gasteiger charge is -2.41. The Morgan fingerprint density at radius 1 is 1.03 bits per heavy atom. The number of fused-ring (bicyclic) bond motifs is 2. The first-order chi connectivity index (χ1) is 15.8. The van der Waals surface area contributed by atoms with Crippen molar-refractivity contribution in [1.29, 1.82) is 0 Å². The zero-order valence-electron chi connectivity index (χ0n) is 19.1. The van der Waals surface area contributed by atoms with Crippen molar-refractivity contribution in [3.05, 3.63) is 53.8 Å². The van der Waals surface area contributed by atoms with Gasteiger partial charge in [-0.25, -0.2) is 21.6 Å². The Bertz CT molecular complexity index is 1160. The van der Waals surface area contributed by atoms with Gasteiger partial charge in [-0.3, -0.25) is 4.79 Å². The van der Waals surface area contributed by atoms with Crippen molar-refractivity contribution in [1.82, 2.24) is 5.32 Å². The molecule has 184 valence electrons. The molecule has 2 unspecified atom stereocenters. The lowest BCUT2D eigenvalue weighted by atomic mass is 9.95. The van der Waals surface area contributed by atoms with E-state index in [0.717, 1.165) is 18.5 Å². The van der Waals surface area contributed by atoms with Crippen LogP contribution in [0.25, 0.3) is 0 Å². The molecule has 34 heavy (non-hydrogen) atoms. The van der Waals surface area contributed by atoms with E-state index in [0.29, 0.717) is 25.0 Å². The Morgan fingerprint density at radius 3 is 2.06 bits per heavy atom. The summed E-state index contributed by atoms with van der Waals surface area (Å²) in [7, 11) is -3.27. The van der Waals surface area contributed by atoms with Crippen LogP contribution in [0.5, 0.6) is 5.75 Å². The molecule has 2 saturated heterocycles. The van der Waals surface area contributed by atoms with Crippen LogP contribution in [-0.2, 0) is 14.6 Å². The summed E-state index contributed by atoms with van der Waals surface area (Å²) in [5.74, 6) is -4.82. The molecule has 10 heteroatoms. The Kier molecular flexibility index (Phi) is 6.30. The van der Waals surface area contributed by atoms with E-state index in [1.165, 1.54) is 20.1 Å². The summed E-state index contributed by atoms with van der Waals surface area (Å²) < 4.78 is 70.0. The minimum absolute atomic E-state index is 0.151. The molecule has 4 rings (SSSR count). The van der Waals surface area contributed by atoms with Crippen LogP contribution < -0.4 is 15.0 Å². The van der Waals surface area contributed by atoms with Gasteiger partial charge < -0.3 is 15.0 Å². The molecule has 0 radical (unpaired) electrons. The van der Waals surface area contributed by atoms with Crippen LogP contribution in [0, 0.1) is 17.5 Å². The van der Waals surface area contributed by atoms with E-state index in [1.807, 2.05) is 12.1 Å². The maximum atomic E-state index is 14.0. The van der Waals surface area contributed by atoms with Gasteiger partial charge in [-0.15, -0.1) is 0 Å². The van der Waals surface area contributed by atoms with Crippen LogP contribution in [0.15, 0.2) is 41.3 Å². The highest BCUT2D eigenvalue weighted by molar-refractivity contribution is 7.90. The molecule has 2 aliphatic rings. The second-order valence-corrected chi connectivity index (χ2v) is 11.5. The largest absolute Gasteiger partial charge is 0.472 e. The van der Waals surface area contributed by atoms with Crippen LogP contribution >= 0.6 is 0 Å². The summed E-state index contributed by atoms with van der Waals surface area (Å²) in [4.78, 5) is 15.5. The lowest BCUT2D eigenvalue weighted by molar-refractivity contribution is -0.135. The smallest absolute Gasteiger partial charge is 0.263 e. The first-order valence-electron chi connectivity index (χ1n) is 11.1.